The van der Waals surface area contributed by atoms with Gasteiger partial charge < -0.3 is 0 Å². The van der Waals surface area contributed by atoms with Gasteiger partial charge >= 0.3 is 0 Å². The lowest BCUT2D eigenvalue weighted by molar-refractivity contribution is 0.0994. The second kappa shape index (κ2) is 5.52. The molecule has 0 unspecified atom stereocenters. The molecular formula is C16H20N2OS. The van der Waals surface area contributed by atoms with Crippen LogP contribution in [0.1, 0.15) is 50.8 Å². The number of fused-ring (bicyclic) bond motifs is 1. The van der Waals surface area contributed by atoms with E-state index in [1.165, 1.54) is 29.7 Å². The highest BCUT2D eigenvalue weighted by atomic mass is 32.1. The van der Waals surface area contributed by atoms with Crippen molar-refractivity contribution in [2.45, 2.75) is 45.4 Å². The molecule has 0 amide bonds. The van der Waals surface area contributed by atoms with Gasteiger partial charge in [0.25, 0.3) is 0 Å². The first-order chi connectivity index (χ1) is 9.63. The summed E-state index contributed by atoms with van der Waals surface area (Å²) >= 11 is 1.71. The lowest BCUT2D eigenvalue weighted by Gasteiger charge is -1.99. The summed E-state index contributed by atoms with van der Waals surface area (Å²) in [7, 11) is 1.90. The van der Waals surface area contributed by atoms with Crippen LogP contribution in [-0.4, -0.2) is 15.6 Å². The minimum atomic E-state index is 0.228. The molecule has 0 aromatic carbocycles. The van der Waals surface area contributed by atoms with Crippen molar-refractivity contribution < 1.29 is 4.79 Å². The van der Waals surface area contributed by atoms with Crippen LogP contribution in [0.3, 0.4) is 0 Å². The minimum Gasteiger partial charge on any atom is -0.293 e. The third-order valence-corrected chi connectivity index (χ3v) is 5.24. The minimum absolute atomic E-state index is 0.228. The SMILES string of the molecule is Cc1cc(CC(=O)c2cc3c(s2)CCCCC3)n(C)n1. The number of aryl methyl sites for hydroxylation is 4. The second-order valence-corrected chi connectivity index (χ2v) is 6.76. The van der Waals surface area contributed by atoms with Crippen molar-refractivity contribution in [3.05, 3.63) is 38.8 Å². The maximum Gasteiger partial charge on any atom is 0.178 e. The van der Waals surface area contributed by atoms with Gasteiger partial charge in [-0.15, -0.1) is 11.3 Å². The van der Waals surface area contributed by atoms with E-state index in [4.69, 9.17) is 0 Å². The predicted octanol–water partition coefficient (Wildman–Crippen LogP) is 3.48. The Labute approximate surface area is 123 Å². The summed E-state index contributed by atoms with van der Waals surface area (Å²) in [6.07, 6.45) is 6.60. The first-order valence-corrected chi connectivity index (χ1v) is 8.09. The molecule has 0 aliphatic heterocycles. The summed E-state index contributed by atoms with van der Waals surface area (Å²) < 4.78 is 1.81. The Balaban J connectivity index is 1.79. The van der Waals surface area contributed by atoms with Crippen molar-refractivity contribution in [2.24, 2.45) is 7.05 Å². The van der Waals surface area contributed by atoms with E-state index in [2.05, 4.69) is 11.2 Å². The van der Waals surface area contributed by atoms with Crippen molar-refractivity contribution in [2.75, 3.05) is 0 Å². The number of hydrogen-bond donors (Lipinski definition) is 0. The Morgan fingerprint density at radius 1 is 1.30 bits per heavy atom. The molecule has 0 saturated carbocycles. The van der Waals surface area contributed by atoms with E-state index in [0.29, 0.717) is 6.42 Å². The predicted molar refractivity (Wildman–Crippen MR) is 81.6 cm³/mol. The highest BCUT2D eigenvalue weighted by Crippen LogP contribution is 2.29. The second-order valence-electron chi connectivity index (χ2n) is 5.62. The third kappa shape index (κ3) is 2.70. The molecule has 1 aliphatic rings. The fourth-order valence-electron chi connectivity index (χ4n) is 2.89. The average molecular weight is 288 g/mol. The molecule has 0 atom stereocenters. The molecule has 20 heavy (non-hydrogen) atoms. The molecule has 0 fully saturated rings. The van der Waals surface area contributed by atoms with Crippen LogP contribution in [0.2, 0.25) is 0 Å². The summed E-state index contributed by atoms with van der Waals surface area (Å²) in [4.78, 5) is 14.8. The Morgan fingerprint density at radius 2 is 2.10 bits per heavy atom. The van der Waals surface area contributed by atoms with Crippen LogP contribution in [-0.2, 0) is 26.3 Å². The average Bonchev–Trinajstić information content (AvgIpc) is 2.86. The summed E-state index contributed by atoms with van der Waals surface area (Å²) in [5.41, 5.74) is 3.38. The molecule has 2 aromatic heterocycles. The van der Waals surface area contributed by atoms with Gasteiger partial charge in [-0.05, 0) is 50.3 Å². The van der Waals surface area contributed by atoms with Crippen molar-refractivity contribution in [1.29, 1.82) is 0 Å². The fourth-order valence-corrected chi connectivity index (χ4v) is 4.08. The van der Waals surface area contributed by atoms with E-state index < -0.39 is 0 Å². The number of carbonyl (C=O) groups excluding carboxylic acids is 1. The molecule has 2 aromatic rings. The van der Waals surface area contributed by atoms with E-state index >= 15 is 0 Å². The molecule has 3 rings (SSSR count). The molecule has 106 valence electrons. The highest BCUT2D eigenvalue weighted by molar-refractivity contribution is 7.14. The molecule has 0 N–H and O–H groups in total. The van der Waals surface area contributed by atoms with Crippen molar-refractivity contribution in [3.63, 3.8) is 0 Å². The smallest absolute Gasteiger partial charge is 0.178 e. The van der Waals surface area contributed by atoms with Gasteiger partial charge in [0, 0.05) is 17.6 Å². The number of Topliss-reactive ketones (excluding diaryl/α,β-unsaturated/α-hetero) is 1. The normalized spacial score (nSPS) is 14.9. The van der Waals surface area contributed by atoms with Crippen molar-refractivity contribution in [3.8, 4) is 0 Å². The molecular weight excluding hydrogens is 268 g/mol. The third-order valence-electron chi connectivity index (χ3n) is 3.96. The summed E-state index contributed by atoms with van der Waals surface area (Å²) in [5, 5.41) is 4.30. The van der Waals surface area contributed by atoms with Gasteiger partial charge in [0.2, 0.25) is 0 Å². The molecule has 1 aliphatic carbocycles. The molecule has 0 spiro atoms. The van der Waals surface area contributed by atoms with Gasteiger partial charge in [0.05, 0.1) is 17.0 Å². The highest BCUT2D eigenvalue weighted by Gasteiger charge is 2.17. The van der Waals surface area contributed by atoms with E-state index in [1.54, 1.807) is 11.3 Å². The van der Waals surface area contributed by atoms with Gasteiger partial charge in [0.1, 0.15) is 0 Å². The van der Waals surface area contributed by atoms with Gasteiger partial charge in [-0.3, -0.25) is 9.48 Å². The zero-order valence-electron chi connectivity index (χ0n) is 12.1. The zero-order chi connectivity index (χ0) is 14.1. The van der Waals surface area contributed by atoms with E-state index in [-0.39, 0.29) is 5.78 Å². The van der Waals surface area contributed by atoms with Crippen LogP contribution in [0.25, 0.3) is 0 Å². The monoisotopic (exact) mass is 288 g/mol. The van der Waals surface area contributed by atoms with Gasteiger partial charge in [0.15, 0.2) is 5.78 Å². The van der Waals surface area contributed by atoms with E-state index in [1.807, 2.05) is 24.7 Å². The summed E-state index contributed by atoms with van der Waals surface area (Å²) in [6.45, 7) is 1.96. The van der Waals surface area contributed by atoms with Crippen LogP contribution < -0.4 is 0 Å². The van der Waals surface area contributed by atoms with Crippen LogP contribution in [0, 0.1) is 6.92 Å². The van der Waals surface area contributed by atoms with Gasteiger partial charge in [-0.1, -0.05) is 6.42 Å². The Hall–Kier alpha value is -1.42. The van der Waals surface area contributed by atoms with E-state index in [9.17, 15) is 4.79 Å². The maximum atomic E-state index is 12.4. The van der Waals surface area contributed by atoms with Gasteiger partial charge in [-0.2, -0.15) is 5.10 Å². The number of thiophene rings is 1. The van der Waals surface area contributed by atoms with Crippen LogP contribution in [0.4, 0.5) is 0 Å². The first-order valence-electron chi connectivity index (χ1n) is 7.28. The van der Waals surface area contributed by atoms with Crippen LogP contribution >= 0.6 is 11.3 Å². The molecule has 4 heteroatoms. The Bertz CT molecular complexity index is 615. The number of hydrogen-bond acceptors (Lipinski definition) is 3. The summed E-state index contributed by atoms with van der Waals surface area (Å²) in [5.74, 6) is 0.228. The number of aromatic nitrogens is 2. The summed E-state index contributed by atoms with van der Waals surface area (Å²) in [6, 6.07) is 4.13. The van der Waals surface area contributed by atoms with Crippen molar-refractivity contribution in [1.82, 2.24) is 9.78 Å². The number of rotatable bonds is 3. The maximum absolute atomic E-state index is 12.4. The Morgan fingerprint density at radius 3 is 2.85 bits per heavy atom. The van der Waals surface area contributed by atoms with Crippen LogP contribution in [0.5, 0.6) is 0 Å². The lowest BCUT2D eigenvalue weighted by atomic mass is 10.1. The topological polar surface area (TPSA) is 34.9 Å². The van der Waals surface area contributed by atoms with E-state index in [0.717, 1.165) is 29.1 Å². The molecule has 3 nitrogen and oxygen atoms in total. The zero-order valence-corrected chi connectivity index (χ0v) is 12.9. The number of carbonyl (C=O) groups is 1. The lowest BCUT2D eigenvalue weighted by Crippen LogP contribution is -2.06. The number of nitrogens with zero attached hydrogens (tertiary/aromatic N) is 2. The molecule has 0 bridgehead atoms. The quantitative estimate of drug-likeness (QED) is 0.640. The fraction of sp³-hybridized carbons (Fsp3) is 0.500. The first kappa shape index (κ1) is 13.6. The molecule has 0 radical (unpaired) electrons. The Kier molecular flexibility index (Phi) is 3.74. The number of ketones is 1. The van der Waals surface area contributed by atoms with Gasteiger partial charge in [-0.25, -0.2) is 0 Å². The molecule has 2 heterocycles. The van der Waals surface area contributed by atoms with Crippen molar-refractivity contribution >= 4 is 17.1 Å². The van der Waals surface area contributed by atoms with Crippen LogP contribution in [0.15, 0.2) is 12.1 Å². The standard InChI is InChI=1S/C16H20N2OS/c1-11-8-13(18(2)17-11)10-14(19)16-9-12-6-4-3-5-7-15(12)20-16/h8-9H,3-7,10H2,1-2H3. The molecule has 0 saturated heterocycles. The largest absolute Gasteiger partial charge is 0.293 e.